The average molecular weight is 324 g/mol. The van der Waals surface area contributed by atoms with Crippen molar-refractivity contribution >= 4 is 11.3 Å². The molecule has 22 heavy (non-hydrogen) atoms. The van der Waals surface area contributed by atoms with E-state index in [1.165, 1.54) is 10.6 Å². The molecule has 1 aromatic heterocycles. The second-order valence-electron chi connectivity index (χ2n) is 6.84. The van der Waals surface area contributed by atoms with Crippen LogP contribution >= 0.6 is 11.3 Å². The number of piperidine rings is 1. The van der Waals surface area contributed by atoms with Gasteiger partial charge in [-0.1, -0.05) is 0 Å². The Morgan fingerprint density at radius 3 is 3.09 bits per heavy atom. The normalized spacial score (nSPS) is 39.3. The SMILES string of the molecule is Cc1scnc1CN1C[C@H]2COCC[C@@]2(O)[C@@H]2COCC[C@@H]21. The van der Waals surface area contributed by atoms with Crippen molar-refractivity contribution < 1.29 is 14.6 Å². The first-order valence-corrected chi connectivity index (χ1v) is 9.07. The highest BCUT2D eigenvalue weighted by molar-refractivity contribution is 7.09. The molecule has 4 rings (SSSR count). The summed E-state index contributed by atoms with van der Waals surface area (Å²) in [6.45, 7) is 6.71. The third-order valence-electron chi connectivity index (χ3n) is 5.76. The topological polar surface area (TPSA) is 54.8 Å². The van der Waals surface area contributed by atoms with Crippen molar-refractivity contribution in [3.8, 4) is 0 Å². The smallest absolute Gasteiger partial charge is 0.0798 e. The summed E-state index contributed by atoms with van der Waals surface area (Å²) < 4.78 is 11.4. The molecule has 0 aromatic carbocycles. The van der Waals surface area contributed by atoms with Crippen molar-refractivity contribution in [1.29, 1.82) is 0 Å². The van der Waals surface area contributed by atoms with Crippen molar-refractivity contribution in [3.05, 3.63) is 16.1 Å². The fourth-order valence-corrected chi connectivity index (χ4v) is 5.01. The summed E-state index contributed by atoms with van der Waals surface area (Å²) in [7, 11) is 0. The van der Waals surface area contributed by atoms with Gasteiger partial charge in [-0.15, -0.1) is 11.3 Å². The number of fused-ring (bicyclic) bond motifs is 3. The summed E-state index contributed by atoms with van der Waals surface area (Å²) in [6.07, 6.45) is 1.75. The Kier molecular flexibility index (Phi) is 3.98. The van der Waals surface area contributed by atoms with E-state index >= 15 is 0 Å². The molecule has 1 N–H and O–H groups in total. The molecule has 5 nitrogen and oxygen atoms in total. The quantitative estimate of drug-likeness (QED) is 0.892. The summed E-state index contributed by atoms with van der Waals surface area (Å²) in [5.74, 6) is 0.381. The lowest BCUT2D eigenvalue weighted by atomic mass is 9.66. The zero-order valence-electron chi connectivity index (χ0n) is 13.0. The molecular formula is C16H24N2O3S. The van der Waals surface area contributed by atoms with E-state index in [0.29, 0.717) is 25.9 Å². The van der Waals surface area contributed by atoms with Crippen molar-refractivity contribution in [3.63, 3.8) is 0 Å². The van der Waals surface area contributed by atoms with Crippen LogP contribution in [0.3, 0.4) is 0 Å². The number of ether oxygens (including phenoxy) is 2. The van der Waals surface area contributed by atoms with Gasteiger partial charge in [-0.2, -0.15) is 0 Å². The Morgan fingerprint density at radius 2 is 2.27 bits per heavy atom. The van der Waals surface area contributed by atoms with Gasteiger partial charge in [0.15, 0.2) is 0 Å². The van der Waals surface area contributed by atoms with E-state index < -0.39 is 5.60 Å². The minimum Gasteiger partial charge on any atom is -0.389 e. The van der Waals surface area contributed by atoms with Gasteiger partial charge in [-0.3, -0.25) is 4.90 Å². The molecule has 3 saturated heterocycles. The van der Waals surface area contributed by atoms with Gasteiger partial charge < -0.3 is 14.6 Å². The maximum atomic E-state index is 11.3. The number of aryl methyl sites for hydroxylation is 1. The van der Waals surface area contributed by atoms with E-state index in [-0.39, 0.29) is 11.8 Å². The molecule has 122 valence electrons. The van der Waals surface area contributed by atoms with Crippen LogP contribution in [0.25, 0.3) is 0 Å². The lowest BCUT2D eigenvalue weighted by Gasteiger charge is -2.57. The van der Waals surface area contributed by atoms with Crippen molar-refractivity contribution in [2.75, 3.05) is 33.0 Å². The van der Waals surface area contributed by atoms with Gasteiger partial charge in [0.1, 0.15) is 0 Å². The second-order valence-corrected chi connectivity index (χ2v) is 7.89. The van der Waals surface area contributed by atoms with E-state index in [2.05, 4.69) is 16.8 Å². The Bertz CT molecular complexity index is 537. The fraction of sp³-hybridized carbons (Fsp3) is 0.812. The minimum absolute atomic E-state index is 0.183. The summed E-state index contributed by atoms with van der Waals surface area (Å²) >= 11 is 1.71. The van der Waals surface area contributed by atoms with Crippen molar-refractivity contribution in [1.82, 2.24) is 9.88 Å². The predicted octanol–water partition coefficient (Wildman–Crippen LogP) is 1.44. The third-order valence-corrected chi connectivity index (χ3v) is 6.56. The molecular weight excluding hydrogens is 300 g/mol. The number of aliphatic hydroxyl groups is 1. The highest BCUT2D eigenvalue weighted by Gasteiger charge is 2.55. The average Bonchev–Trinajstić information content (AvgIpc) is 2.93. The monoisotopic (exact) mass is 324 g/mol. The summed E-state index contributed by atoms with van der Waals surface area (Å²) in [4.78, 5) is 8.33. The zero-order chi connectivity index (χ0) is 15.2. The molecule has 0 unspecified atom stereocenters. The Morgan fingerprint density at radius 1 is 1.41 bits per heavy atom. The number of thiazole rings is 1. The number of rotatable bonds is 2. The Hall–Kier alpha value is -0.530. The van der Waals surface area contributed by atoms with Gasteiger partial charge in [0.2, 0.25) is 0 Å². The minimum atomic E-state index is -0.614. The van der Waals surface area contributed by atoms with Gasteiger partial charge in [0.05, 0.1) is 30.0 Å². The Labute approximate surface area is 135 Å². The molecule has 0 spiro atoms. The van der Waals surface area contributed by atoms with Crippen LogP contribution in [0.2, 0.25) is 0 Å². The van der Waals surface area contributed by atoms with Gasteiger partial charge in [0.25, 0.3) is 0 Å². The van der Waals surface area contributed by atoms with E-state index in [0.717, 1.165) is 32.5 Å². The highest BCUT2D eigenvalue weighted by atomic mass is 32.1. The first-order valence-electron chi connectivity index (χ1n) is 8.19. The fourth-order valence-electron chi connectivity index (χ4n) is 4.42. The number of hydrogen-bond donors (Lipinski definition) is 1. The van der Waals surface area contributed by atoms with E-state index in [1.54, 1.807) is 11.3 Å². The molecule has 1 aromatic rings. The predicted molar refractivity (Wildman–Crippen MR) is 83.9 cm³/mol. The van der Waals surface area contributed by atoms with E-state index in [1.807, 2.05) is 5.51 Å². The van der Waals surface area contributed by atoms with Crippen molar-refractivity contribution in [2.45, 2.75) is 38.0 Å². The maximum absolute atomic E-state index is 11.3. The molecule has 3 fully saturated rings. The lowest BCUT2D eigenvalue weighted by Crippen LogP contribution is -2.67. The molecule has 3 aliphatic heterocycles. The van der Waals surface area contributed by atoms with Crippen LogP contribution in [0.1, 0.15) is 23.4 Å². The van der Waals surface area contributed by atoms with Crippen LogP contribution < -0.4 is 0 Å². The third kappa shape index (κ3) is 2.41. The highest BCUT2D eigenvalue weighted by Crippen LogP contribution is 2.44. The molecule has 0 aliphatic carbocycles. The molecule has 6 heteroatoms. The van der Waals surface area contributed by atoms with Gasteiger partial charge in [0, 0.05) is 55.5 Å². The molecule has 0 saturated carbocycles. The van der Waals surface area contributed by atoms with Gasteiger partial charge >= 0.3 is 0 Å². The largest absolute Gasteiger partial charge is 0.389 e. The van der Waals surface area contributed by atoms with Crippen molar-refractivity contribution in [2.24, 2.45) is 11.8 Å². The number of nitrogens with zero attached hydrogens (tertiary/aromatic N) is 2. The van der Waals surface area contributed by atoms with E-state index in [9.17, 15) is 5.11 Å². The zero-order valence-corrected chi connectivity index (χ0v) is 13.8. The van der Waals surface area contributed by atoms with Gasteiger partial charge in [-0.25, -0.2) is 4.98 Å². The van der Waals surface area contributed by atoms with E-state index in [4.69, 9.17) is 9.47 Å². The Balaban J connectivity index is 1.61. The molecule has 4 heterocycles. The van der Waals surface area contributed by atoms with Crippen LogP contribution in [0.15, 0.2) is 5.51 Å². The summed E-state index contributed by atoms with van der Waals surface area (Å²) in [5, 5.41) is 11.3. The number of likely N-dealkylation sites (tertiary alicyclic amines) is 1. The van der Waals surface area contributed by atoms with Crippen LogP contribution in [-0.2, 0) is 16.0 Å². The molecule has 3 aliphatic rings. The first kappa shape index (κ1) is 15.0. The molecule has 0 radical (unpaired) electrons. The molecule has 4 atom stereocenters. The van der Waals surface area contributed by atoms with Crippen LogP contribution in [-0.4, -0.2) is 59.6 Å². The number of aromatic nitrogens is 1. The molecule has 0 amide bonds. The van der Waals surface area contributed by atoms with Crippen LogP contribution in [0.4, 0.5) is 0 Å². The second kappa shape index (κ2) is 5.83. The standard InChI is InChI=1S/C16H24N2O3S/c1-11-14(17-10-22-11)7-18-6-12-8-21-5-3-16(12,19)13-9-20-4-2-15(13)18/h10,12-13,15,19H,2-9H2,1H3/t12-,13+,15-,16-/m0/s1. The summed E-state index contributed by atoms with van der Waals surface area (Å²) in [5.41, 5.74) is 2.49. The van der Waals surface area contributed by atoms with Crippen LogP contribution in [0.5, 0.6) is 0 Å². The molecule has 0 bridgehead atoms. The van der Waals surface area contributed by atoms with Gasteiger partial charge in [-0.05, 0) is 13.3 Å². The maximum Gasteiger partial charge on any atom is 0.0798 e. The lowest BCUT2D eigenvalue weighted by molar-refractivity contribution is -0.221. The number of hydrogen-bond acceptors (Lipinski definition) is 6. The summed E-state index contributed by atoms with van der Waals surface area (Å²) in [6, 6.07) is 0.397. The van der Waals surface area contributed by atoms with Crippen LogP contribution in [0, 0.1) is 18.8 Å². The first-order chi connectivity index (χ1) is 10.7.